The van der Waals surface area contributed by atoms with E-state index in [1.807, 2.05) is 30.3 Å². The fraction of sp³-hybridized carbons (Fsp3) is 0.381. The minimum absolute atomic E-state index is 0.0363. The number of hydrogen-bond donors (Lipinski definition) is 2. The number of fused-ring (bicyclic) bond motifs is 1. The van der Waals surface area contributed by atoms with E-state index >= 15 is 0 Å². The van der Waals surface area contributed by atoms with Gasteiger partial charge in [-0.05, 0) is 24.1 Å². The van der Waals surface area contributed by atoms with Crippen molar-refractivity contribution in [3.05, 3.63) is 66.0 Å². The molecule has 1 aliphatic heterocycles. The third-order valence-electron chi connectivity index (χ3n) is 5.55. The molecule has 1 heterocycles. The molecule has 1 saturated heterocycles. The van der Waals surface area contributed by atoms with E-state index in [2.05, 4.69) is 0 Å². The molecule has 0 radical (unpaired) electrons. The predicted octanol–water partition coefficient (Wildman–Crippen LogP) is 2.34. The number of carbonyl (C=O) groups is 1. The lowest BCUT2D eigenvalue weighted by atomic mass is 9.93. The Morgan fingerprint density at radius 2 is 1.89 bits per heavy atom. The molecule has 2 aromatic carbocycles. The molecular formula is C21H22FNO5. The number of aliphatic hydroxyl groups is 2. The number of nitrogens with zero attached hydrogens (tertiary/aromatic N) is 1. The van der Waals surface area contributed by atoms with Gasteiger partial charge in [0, 0.05) is 12.5 Å². The van der Waals surface area contributed by atoms with Crippen LogP contribution < -0.4 is 4.74 Å². The number of ether oxygens (including phenoxy) is 2. The zero-order chi connectivity index (χ0) is 19.7. The van der Waals surface area contributed by atoms with E-state index < -0.39 is 29.7 Å². The van der Waals surface area contributed by atoms with Gasteiger partial charge in [-0.25, -0.2) is 9.18 Å². The summed E-state index contributed by atoms with van der Waals surface area (Å²) in [4.78, 5) is 13.7. The molecule has 2 aromatic rings. The van der Waals surface area contributed by atoms with E-state index in [9.17, 15) is 19.4 Å². The smallest absolute Gasteiger partial charge is 0.410 e. The molecule has 2 N–H and O–H groups in total. The van der Waals surface area contributed by atoms with Gasteiger partial charge in [-0.3, -0.25) is 0 Å². The van der Waals surface area contributed by atoms with Crippen molar-refractivity contribution in [2.24, 2.45) is 5.92 Å². The number of benzene rings is 2. The van der Waals surface area contributed by atoms with Crippen LogP contribution in [0, 0.1) is 11.7 Å². The third kappa shape index (κ3) is 3.43. The van der Waals surface area contributed by atoms with Gasteiger partial charge in [0.05, 0.1) is 6.54 Å². The summed E-state index contributed by atoms with van der Waals surface area (Å²) in [6.07, 6.45) is -2.20. The van der Waals surface area contributed by atoms with Crippen molar-refractivity contribution in [3.63, 3.8) is 0 Å². The topological polar surface area (TPSA) is 79.2 Å². The Hall–Kier alpha value is -2.64. The van der Waals surface area contributed by atoms with Gasteiger partial charge in [-0.15, -0.1) is 0 Å². The third-order valence-corrected chi connectivity index (χ3v) is 5.55. The van der Waals surface area contributed by atoms with E-state index in [1.54, 1.807) is 12.1 Å². The monoisotopic (exact) mass is 387 g/mol. The van der Waals surface area contributed by atoms with Crippen molar-refractivity contribution in [3.8, 4) is 5.75 Å². The summed E-state index contributed by atoms with van der Waals surface area (Å²) in [7, 11) is 0. The summed E-state index contributed by atoms with van der Waals surface area (Å²) < 4.78 is 24.7. The SMILES string of the molecule is O=C(OCc1ccccc1)N1C[C@H]2C[C@@H](Oc3ccccc3F)[C@@H](O)[C@]2(O)C1. The first-order valence-corrected chi connectivity index (χ1v) is 9.24. The second-order valence-electron chi connectivity index (χ2n) is 7.38. The number of aliphatic hydroxyl groups excluding tert-OH is 1. The number of likely N-dealkylation sites (tertiary alicyclic amines) is 1. The minimum atomic E-state index is -1.50. The molecule has 1 amide bonds. The molecule has 0 aromatic heterocycles. The van der Waals surface area contributed by atoms with Gasteiger partial charge in [0.2, 0.25) is 0 Å². The largest absolute Gasteiger partial charge is 0.485 e. The van der Waals surface area contributed by atoms with Crippen LogP contribution in [0.25, 0.3) is 0 Å². The van der Waals surface area contributed by atoms with E-state index in [1.165, 1.54) is 17.0 Å². The highest BCUT2D eigenvalue weighted by Gasteiger charge is 2.60. The van der Waals surface area contributed by atoms with Crippen LogP contribution in [0.2, 0.25) is 0 Å². The highest BCUT2D eigenvalue weighted by Crippen LogP contribution is 2.43. The Bertz CT molecular complexity index is 848. The zero-order valence-electron chi connectivity index (χ0n) is 15.2. The summed E-state index contributed by atoms with van der Waals surface area (Å²) in [6.45, 7) is 0.336. The maximum Gasteiger partial charge on any atom is 0.410 e. The van der Waals surface area contributed by atoms with Crippen LogP contribution in [0.1, 0.15) is 12.0 Å². The maximum absolute atomic E-state index is 13.8. The molecule has 7 heteroatoms. The van der Waals surface area contributed by atoms with Gasteiger partial charge >= 0.3 is 6.09 Å². The van der Waals surface area contributed by atoms with Crippen LogP contribution in [-0.2, 0) is 11.3 Å². The van der Waals surface area contributed by atoms with E-state index in [0.717, 1.165) is 5.56 Å². The average Bonchev–Trinajstić information content (AvgIpc) is 3.15. The summed E-state index contributed by atoms with van der Waals surface area (Å²) in [6, 6.07) is 15.3. The van der Waals surface area contributed by atoms with Gasteiger partial charge in [0.15, 0.2) is 11.6 Å². The Morgan fingerprint density at radius 1 is 1.18 bits per heavy atom. The standard InChI is InChI=1S/C21H22FNO5/c22-16-8-4-5-9-17(16)28-18-10-15-11-23(13-21(15,26)19(18)24)20(25)27-12-14-6-2-1-3-7-14/h1-9,15,18-19,24,26H,10-13H2/t15-,18-,19-,21+/m1/s1. The van der Waals surface area contributed by atoms with Crippen molar-refractivity contribution < 1.29 is 28.9 Å². The Balaban J connectivity index is 1.37. The first kappa shape index (κ1) is 18.7. The Labute approximate surface area is 162 Å². The summed E-state index contributed by atoms with van der Waals surface area (Å²) in [5.74, 6) is -0.859. The predicted molar refractivity (Wildman–Crippen MR) is 98.1 cm³/mol. The summed E-state index contributed by atoms with van der Waals surface area (Å²) >= 11 is 0. The van der Waals surface area contributed by atoms with Crippen molar-refractivity contribution >= 4 is 6.09 Å². The van der Waals surface area contributed by atoms with E-state index in [4.69, 9.17) is 9.47 Å². The van der Waals surface area contributed by atoms with Gasteiger partial charge < -0.3 is 24.6 Å². The number of carbonyl (C=O) groups excluding carboxylic acids is 1. The first-order chi connectivity index (χ1) is 13.5. The summed E-state index contributed by atoms with van der Waals surface area (Å²) in [5.41, 5.74) is -0.630. The second-order valence-corrected chi connectivity index (χ2v) is 7.38. The van der Waals surface area contributed by atoms with Crippen LogP contribution in [-0.4, -0.2) is 52.1 Å². The number of hydrogen-bond acceptors (Lipinski definition) is 5. The Morgan fingerprint density at radius 3 is 2.61 bits per heavy atom. The average molecular weight is 387 g/mol. The van der Waals surface area contributed by atoms with Gasteiger partial charge in [-0.1, -0.05) is 42.5 Å². The molecule has 28 heavy (non-hydrogen) atoms. The van der Waals surface area contributed by atoms with Crippen LogP contribution in [0.15, 0.2) is 54.6 Å². The zero-order valence-corrected chi connectivity index (χ0v) is 15.2. The van der Waals surface area contributed by atoms with Crippen LogP contribution >= 0.6 is 0 Å². The van der Waals surface area contributed by atoms with Crippen molar-refractivity contribution in [2.75, 3.05) is 13.1 Å². The molecule has 6 nitrogen and oxygen atoms in total. The minimum Gasteiger partial charge on any atom is -0.485 e. The number of amides is 1. The molecule has 2 aliphatic rings. The number of β-amino-alcohol motifs (C(OH)–C–C–N with tert-alkyl or cyclic N) is 1. The number of rotatable bonds is 4. The first-order valence-electron chi connectivity index (χ1n) is 9.24. The number of para-hydroxylation sites is 1. The van der Waals surface area contributed by atoms with Crippen LogP contribution in [0.3, 0.4) is 0 Å². The Kier molecular flexibility index (Phi) is 4.95. The lowest BCUT2D eigenvalue weighted by Crippen LogP contribution is -2.49. The highest BCUT2D eigenvalue weighted by molar-refractivity contribution is 5.68. The van der Waals surface area contributed by atoms with Crippen LogP contribution in [0.4, 0.5) is 9.18 Å². The normalized spacial score (nSPS) is 28.8. The van der Waals surface area contributed by atoms with E-state index in [0.29, 0.717) is 6.42 Å². The van der Waals surface area contributed by atoms with Crippen LogP contribution in [0.5, 0.6) is 5.75 Å². The molecule has 4 rings (SSSR count). The second kappa shape index (κ2) is 7.41. The molecule has 148 valence electrons. The van der Waals surface area contributed by atoms with Gasteiger partial charge in [0.25, 0.3) is 0 Å². The van der Waals surface area contributed by atoms with Crippen molar-refractivity contribution in [1.82, 2.24) is 4.90 Å². The molecule has 1 aliphatic carbocycles. The van der Waals surface area contributed by atoms with Crippen molar-refractivity contribution in [2.45, 2.75) is 30.8 Å². The molecular weight excluding hydrogens is 365 g/mol. The molecule has 0 bridgehead atoms. The van der Waals surface area contributed by atoms with E-state index in [-0.39, 0.29) is 31.4 Å². The fourth-order valence-corrected chi connectivity index (χ4v) is 4.03. The number of halogens is 1. The highest BCUT2D eigenvalue weighted by atomic mass is 19.1. The molecule has 0 spiro atoms. The van der Waals surface area contributed by atoms with Gasteiger partial charge in [-0.2, -0.15) is 0 Å². The molecule has 1 saturated carbocycles. The maximum atomic E-state index is 13.8. The lowest BCUT2D eigenvalue weighted by molar-refractivity contribution is -0.0863. The summed E-state index contributed by atoms with van der Waals surface area (Å²) in [5, 5.41) is 21.6. The molecule has 2 fully saturated rings. The lowest BCUT2D eigenvalue weighted by Gasteiger charge is -2.28. The molecule has 0 unspecified atom stereocenters. The van der Waals surface area contributed by atoms with Crippen molar-refractivity contribution in [1.29, 1.82) is 0 Å². The van der Waals surface area contributed by atoms with Gasteiger partial charge in [0.1, 0.15) is 24.4 Å². The fourth-order valence-electron chi connectivity index (χ4n) is 4.03. The molecule has 4 atom stereocenters. The quantitative estimate of drug-likeness (QED) is 0.842.